The topological polar surface area (TPSA) is 58.4 Å². The van der Waals surface area contributed by atoms with Gasteiger partial charge in [0.2, 0.25) is 5.91 Å². The van der Waals surface area contributed by atoms with E-state index in [1.165, 1.54) is 31.5 Å². The van der Waals surface area contributed by atoms with Crippen LogP contribution < -0.4 is 5.32 Å². The molecule has 0 radical (unpaired) electrons. The molecule has 1 amide bonds. The Morgan fingerprint density at radius 2 is 1.94 bits per heavy atom. The second kappa shape index (κ2) is 10.8. The average Bonchev–Trinajstić information content (AvgIpc) is 3.27. The lowest BCUT2D eigenvalue weighted by molar-refractivity contribution is -0.121. The minimum Gasteiger partial charge on any atom is -0.441 e. The minimum absolute atomic E-state index is 0.0158. The summed E-state index contributed by atoms with van der Waals surface area (Å²) >= 11 is 6.21. The summed E-state index contributed by atoms with van der Waals surface area (Å²) in [6.45, 7) is 6.18. The van der Waals surface area contributed by atoms with Gasteiger partial charge in [-0.2, -0.15) is 0 Å². The molecule has 0 spiro atoms. The van der Waals surface area contributed by atoms with Gasteiger partial charge < -0.3 is 9.73 Å². The van der Waals surface area contributed by atoms with Crippen LogP contribution in [-0.2, 0) is 24.3 Å². The van der Waals surface area contributed by atoms with Crippen molar-refractivity contribution >= 4 is 17.5 Å². The number of aryl methyl sites for hydroxylation is 1. The fourth-order valence-electron chi connectivity index (χ4n) is 4.04. The molecule has 0 unspecified atom stereocenters. The van der Waals surface area contributed by atoms with Crippen molar-refractivity contribution in [3.8, 4) is 11.3 Å². The number of benzene rings is 2. The molecule has 1 saturated heterocycles. The van der Waals surface area contributed by atoms with Gasteiger partial charge in [-0.25, -0.2) is 4.98 Å². The molecule has 5 nitrogen and oxygen atoms in total. The molecule has 1 aromatic heterocycles. The van der Waals surface area contributed by atoms with Gasteiger partial charge in [0, 0.05) is 31.5 Å². The SMILES string of the molecule is CC1CCN(Cc2cccc(CNC(=O)CCc3ncc(-c4ccccc4Cl)o3)c2)CC1. The molecule has 1 aliphatic rings. The summed E-state index contributed by atoms with van der Waals surface area (Å²) in [5, 5.41) is 3.63. The highest BCUT2D eigenvalue weighted by Gasteiger charge is 2.16. The van der Waals surface area contributed by atoms with Crippen LogP contribution in [0.1, 0.15) is 43.2 Å². The molecule has 4 rings (SSSR count). The van der Waals surface area contributed by atoms with Crippen LogP contribution in [0.25, 0.3) is 11.3 Å². The Balaban J connectivity index is 1.24. The second-order valence-electron chi connectivity index (χ2n) is 8.65. The summed E-state index contributed by atoms with van der Waals surface area (Å²) in [7, 11) is 0. The number of hydrogen-bond acceptors (Lipinski definition) is 4. The maximum atomic E-state index is 12.3. The van der Waals surface area contributed by atoms with E-state index in [1.54, 1.807) is 6.20 Å². The van der Waals surface area contributed by atoms with Crippen LogP contribution in [0.15, 0.2) is 59.1 Å². The van der Waals surface area contributed by atoms with Crippen LogP contribution in [0.3, 0.4) is 0 Å². The van der Waals surface area contributed by atoms with Gasteiger partial charge in [-0.05, 0) is 55.1 Å². The summed E-state index contributed by atoms with van der Waals surface area (Å²) in [5.74, 6) is 1.98. The van der Waals surface area contributed by atoms with Crippen LogP contribution in [0.4, 0.5) is 0 Å². The van der Waals surface area contributed by atoms with Crippen LogP contribution in [0, 0.1) is 5.92 Å². The number of rotatable bonds is 8. The lowest BCUT2D eigenvalue weighted by Crippen LogP contribution is -2.32. The van der Waals surface area contributed by atoms with Crippen molar-refractivity contribution in [1.82, 2.24) is 15.2 Å². The Kier molecular flexibility index (Phi) is 7.61. The van der Waals surface area contributed by atoms with Crippen LogP contribution in [0.2, 0.25) is 5.02 Å². The fourth-order valence-corrected chi connectivity index (χ4v) is 4.27. The molecule has 0 saturated carbocycles. The first-order chi connectivity index (χ1) is 15.6. The van der Waals surface area contributed by atoms with Gasteiger partial charge in [0.05, 0.1) is 11.2 Å². The van der Waals surface area contributed by atoms with Gasteiger partial charge in [0.15, 0.2) is 11.7 Å². The number of nitrogens with zero attached hydrogens (tertiary/aromatic N) is 2. The fraction of sp³-hybridized carbons (Fsp3) is 0.385. The zero-order chi connectivity index (χ0) is 22.3. The molecule has 2 heterocycles. The highest BCUT2D eigenvalue weighted by atomic mass is 35.5. The number of nitrogens with one attached hydrogen (secondary N) is 1. The summed E-state index contributed by atoms with van der Waals surface area (Å²) in [6.07, 6.45) is 4.99. The predicted molar refractivity (Wildman–Crippen MR) is 127 cm³/mol. The van der Waals surface area contributed by atoms with Gasteiger partial charge in [-0.3, -0.25) is 9.69 Å². The molecule has 1 aliphatic heterocycles. The van der Waals surface area contributed by atoms with E-state index in [1.807, 2.05) is 24.3 Å². The van der Waals surface area contributed by atoms with Gasteiger partial charge in [-0.1, -0.05) is 54.9 Å². The first kappa shape index (κ1) is 22.6. The van der Waals surface area contributed by atoms with Gasteiger partial charge in [-0.15, -0.1) is 0 Å². The molecule has 1 N–H and O–H groups in total. The highest BCUT2D eigenvalue weighted by molar-refractivity contribution is 6.33. The van der Waals surface area contributed by atoms with Gasteiger partial charge in [0.25, 0.3) is 0 Å². The maximum absolute atomic E-state index is 12.3. The predicted octanol–water partition coefficient (Wildman–Crippen LogP) is 5.48. The lowest BCUT2D eigenvalue weighted by Gasteiger charge is -2.30. The van der Waals surface area contributed by atoms with Crippen molar-refractivity contribution in [2.75, 3.05) is 13.1 Å². The number of amides is 1. The highest BCUT2D eigenvalue weighted by Crippen LogP contribution is 2.28. The number of carbonyl (C=O) groups excluding carboxylic acids is 1. The molecule has 32 heavy (non-hydrogen) atoms. The van der Waals surface area contributed by atoms with Crippen molar-refractivity contribution in [1.29, 1.82) is 0 Å². The molecule has 0 aliphatic carbocycles. The van der Waals surface area contributed by atoms with Crippen LogP contribution >= 0.6 is 11.6 Å². The molecule has 0 bridgehead atoms. The number of hydrogen-bond donors (Lipinski definition) is 1. The zero-order valence-corrected chi connectivity index (χ0v) is 19.3. The van der Waals surface area contributed by atoms with Crippen LogP contribution in [0.5, 0.6) is 0 Å². The quantitative estimate of drug-likeness (QED) is 0.493. The molecular weight excluding hydrogens is 422 g/mol. The number of piperidine rings is 1. The second-order valence-corrected chi connectivity index (χ2v) is 9.06. The monoisotopic (exact) mass is 451 g/mol. The Morgan fingerprint density at radius 3 is 2.75 bits per heavy atom. The number of carbonyl (C=O) groups is 1. The summed E-state index contributed by atoms with van der Waals surface area (Å²) in [6, 6.07) is 16.0. The van der Waals surface area contributed by atoms with Crippen molar-refractivity contribution in [3.05, 3.63) is 76.8 Å². The third kappa shape index (κ3) is 6.21. The molecule has 0 atom stereocenters. The van der Waals surface area contributed by atoms with Crippen molar-refractivity contribution in [2.45, 2.75) is 45.7 Å². The molecule has 3 aromatic rings. The van der Waals surface area contributed by atoms with E-state index in [-0.39, 0.29) is 5.91 Å². The van der Waals surface area contributed by atoms with Crippen molar-refractivity contribution in [2.24, 2.45) is 5.92 Å². The van der Waals surface area contributed by atoms with Crippen molar-refractivity contribution < 1.29 is 9.21 Å². The summed E-state index contributed by atoms with van der Waals surface area (Å²) < 4.78 is 5.78. The number of likely N-dealkylation sites (tertiary alicyclic amines) is 1. The van der Waals surface area contributed by atoms with Crippen molar-refractivity contribution in [3.63, 3.8) is 0 Å². The summed E-state index contributed by atoms with van der Waals surface area (Å²) in [5.41, 5.74) is 3.23. The van der Waals surface area contributed by atoms with E-state index in [0.29, 0.717) is 36.1 Å². The average molecular weight is 452 g/mol. The molecule has 2 aromatic carbocycles. The lowest BCUT2D eigenvalue weighted by atomic mass is 9.98. The standard InChI is InChI=1S/C26H30ClN3O2/c1-19-11-13-30(14-12-19)18-21-6-4-5-20(15-21)16-28-25(31)9-10-26-29-17-24(32-26)22-7-2-3-8-23(22)27/h2-8,15,17,19H,9-14,16,18H2,1H3,(H,28,31). The van der Waals surface area contributed by atoms with E-state index >= 15 is 0 Å². The third-order valence-electron chi connectivity index (χ3n) is 6.02. The van der Waals surface area contributed by atoms with Gasteiger partial charge >= 0.3 is 0 Å². The van der Waals surface area contributed by atoms with Crippen LogP contribution in [-0.4, -0.2) is 28.9 Å². The third-order valence-corrected chi connectivity index (χ3v) is 6.35. The number of halogens is 1. The summed E-state index contributed by atoms with van der Waals surface area (Å²) in [4.78, 5) is 19.1. The van der Waals surface area contributed by atoms with E-state index in [0.717, 1.165) is 23.6 Å². The molecule has 1 fully saturated rings. The minimum atomic E-state index is -0.0158. The largest absolute Gasteiger partial charge is 0.441 e. The maximum Gasteiger partial charge on any atom is 0.220 e. The van der Waals surface area contributed by atoms with E-state index in [2.05, 4.69) is 46.4 Å². The Bertz CT molecular complexity index is 1040. The Morgan fingerprint density at radius 1 is 1.16 bits per heavy atom. The van der Waals surface area contributed by atoms with E-state index in [9.17, 15) is 4.79 Å². The number of aromatic nitrogens is 1. The molecule has 168 valence electrons. The van der Waals surface area contributed by atoms with E-state index in [4.69, 9.17) is 16.0 Å². The zero-order valence-electron chi connectivity index (χ0n) is 18.5. The van der Waals surface area contributed by atoms with E-state index < -0.39 is 0 Å². The normalized spacial score (nSPS) is 15.1. The Labute approximate surface area is 194 Å². The molecular formula is C26H30ClN3O2. The first-order valence-corrected chi connectivity index (χ1v) is 11.7. The first-order valence-electron chi connectivity index (χ1n) is 11.3. The number of oxazole rings is 1. The Hall–Kier alpha value is -2.63. The smallest absolute Gasteiger partial charge is 0.220 e. The van der Waals surface area contributed by atoms with Gasteiger partial charge in [0.1, 0.15) is 0 Å². The molecule has 6 heteroatoms.